The van der Waals surface area contributed by atoms with Crippen LogP contribution in [0.1, 0.15) is 28.8 Å². The smallest absolute Gasteiger partial charge is 0.292 e. The number of Topliss-reactive ketones (excluding diaryl/α,β-unsaturated/α-hetero) is 1. The van der Waals surface area contributed by atoms with Crippen LogP contribution in [0.3, 0.4) is 0 Å². The highest BCUT2D eigenvalue weighted by atomic mass is 19.4. The third-order valence-electron chi connectivity index (χ3n) is 6.61. The van der Waals surface area contributed by atoms with Gasteiger partial charge >= 0.3 is 6.18 Å². The van der Waals surface area contributed by atoms with Gasteiger partial charge in [0.15, 0.2) is 5.78 Å². The summed E-state index contributed by atoms with van der Waals surface area (Å²) in [4.78, 5) is 42.8. The summed E-state index contributed by atoms with van der Waals surface area (Å²) in [5, 5.41) is 0. The van der Waals surface area contributed by atoms with Gasteiger partial charge in [-0.05, 0) is 37.6 Å². The van der Waals surface area contributed by atoms with Gasteiger partial charge in [-0.3, -0.25) is 19.3 Å². The standard InChI is InChI=1S/C23H19F3N2O3/c24-23(25,26)14-8-4-9-15(12-14)28-21(30)17-16-10-5-11-27(16)19(18(17)22(28)31)20(29)13-6-2-1-3-7-13/h1-4,6-9,12,16-19H,5,10-11H2/t16-,17+,18+,19-/m0/s1. The summed E-state index contributed by atoms with van der Waals surface area (Å²) >= 11 is 0. The molecule has 4 atom stereocenters. The topological polar surface area (TPSA) is 57.7 Å². The van der Waals surface area contributed by atoms with Crippen LogP contribution in [0.4, 0.5) is 18.9 Å². The Morgan fingerprint density at radius 2 is 1.65 bits per heavy atom. The average molecular weight is 428 g/mol. The van der Waals surface area contributed by atoms with E-state index in [1.807, 2.05) is 4.90 Å². The van der Waals surface area contributed by atoms with Crippen molar-refractivity contribution in [2.45, 2.75) is 31.1 Å². The molecule has 8 heteroatoms. The van der Waals surface area contributed by atoms with Crippen molar-refractivity contribution in [3.05, 3.63) is 65.7 Å². The second-order valence-electron chi connectivity index (χ2n) is 8.23. The first kappa shape index (κ1) is 19.9. The van der Waals surface area contributed by atoms with E-state index in [9.17, 15) is 27.6 Å². The summed E-state index contributed by atoms with van der Waals surface area (Å²) in [5.41, 5.74) is -0.576. The van der Waals surface area contributed by atoms with Crippen molar-refractivity contribution in [2.24, 2.45) is 11.8 Å². The predicted octanol–water partition coefficient (Wildman–Crippen LogP) is 3.54. The summed E-state index contributed by atoms with van der Waals surface area (Å²) in [7, 11) is 0. The first-order chi connectivity index (χ1) is 14.8. The molecule has 0 radical (unpaired) electrons. The van der Waals surface area contributed by atoms with Gasteiger partial charge in [0, 0.05) is 11.6 Å². The fourth-order valence-electron chi connectivity index (χ4n) is 5.36. The number of rotatable bonds is 3. The van der Waals surface area contributed by atoms with E-state index in [4.69, 9.17) is 0 Å². The molecule has 0 N–H and O–H groups in total. The van der Waals surface area contributed by atoms with E-state index < -0.39 is 41.4 Å². The largest absolute Gasteiger partial charge is 0.416 e. The number of amides is 2. The molecule has 5 rings (SSSR count). The molecule has 2 aromatic rings. The molecular formula is C23H19F3N2O3. The quantitative estimate of drug-likeness (QED) is 0.554. The van der Waals surface area contributed by atoms with Gasteiger partial charge in [0.2, 0.25) is 11.8 Å². The lowest BCUT2D eigenvalue weighted by atomic mass is 9.85. The molecule has 2 amide bonds. The number of hydrogen-bond donors (Lipinski definition) is 0. The minimum Gasteiger partial charge on any atom is -0.292 e. The number of fused-ring (bicyclic) bond motifs is 3. The summed E-state index contributed by atoms with van der Waals surface area (Å²) in [6.07, 6.45) is -3.11. The van der Waals surface area contributed by atoms with Crippen LogP contribution in [0.5, 0.6) is 0 Å². The van der Waals surface area contributed by atoms with E-state index in [0.29, 0.717) is 18.5 Å². The Balaban J connectivity index is 1.55. The summed E-state index contributed by atoms with van der Waals surface area (Å²) in [6.45, 7) is 0.616. The van der Waals surface area contributed by atoms with Gasteiger partial charge in [-0.15, -0.1) is 0 Å². The lowest BCUT2D eigenvalue weighted by Gasteiger charge is -2.27. The van der Waals surface area contributed by atoms with Gasteiger partial charge in [-0.1, -0.05) is 36.4 Å². The van der Waals surface area contributed by atoms with E-state index >= 15 is 0 Å². The van der Waals surface area contributed by atoms with Crippen LogP contribution < -0.4 is 4.90 Å². The number of alkyl halides is 3. The van der Waals surface area contributed by atoms with Crippen molar-refractivity contribution in [3.63, 3.8) is 0 Å². The maximum absolute atomic E-state index is 13.4. The molecule has 3 aliphatic heterocycles. The van der Waals surface area contributed by atoms with Gasteiger partial charge in [0.05, 0.1) is 29.1 Å². The molecule has 3 saturated heterocycles. The summed E-state index contributed by atoms with van der Waals surface area (Å²) in [5.74, 6) is -2.96. The lowest BCUT2D eigenvalue weighted by Crippen LogP contribution is -2.46. The van der Waals surface area contributed by atoms with E-state index in [1.54, 1.807) is 30.3 Å². The molecule has 3 heterocycles. The van der Waals surface area contributed by atoms with Gasteiger partial charge in [-0.2, -0.15) is 13.2 Å². The second-order valence-corrected chi connectivity index (χ2v) is 8.23. The number of benzene rings is 2. The van der Waals surface area contributed by atoms with Crippen LogP contribution in [0, 0.1) is 11.8 Å². The van der Waals surface area contributed by atoms with Crippen LogP contribution in [0.25, 0.3) is 0 Å². The molecule has 31 heavy (non-hydrogen) atoms. The lowest BCUT2D eigenvalue weighted by molar-refractivity contribution is -0.137. The highest BCUT2D eigenvalue weighted by Crippen LogP contribution is 2.48. The van der Waals surface area contributed by atoms with Crippen molar-refractivity contribution in [3.8, 4) is 0 Å². The van der Waals surface area contributed by atoms with E-state index in [1.165, 1.54) is 12.1 Å². The molecule has 2 aromatic carbocycles. The van der Waals surface area contributed by atoms with Crippen LogP contribution in [-0.2, 0) is 15.8 Å². The Labute approximate surface area is 176 Å². The predicted molar refractivity (Wildman–Crippen MR) is 105 cm³/mol. The number of ketones is 1. The van der Waals surface area contributed by atoms with Gasteiger partial charge in [-0.25, -0.2) is 4.90 Å². The van der Waals surface area contributed by atoms with Crippen LogP contribution >= 0.6 is 0 Å². The Bertz CT molecular complexity index is 1070. The van der Waals surface area contributed by atoms with Crippen LogP contribution in [0.15, 0.2) is 54.6 Å². The Morgan fingerprint density at radius 1 is 0.935 bits per heavy atom. The maximum Gasteiger partial charge on any atom is 0.416 e. The number of carbonyl (C=O) groups excluding carboxylic acids is 3. The van der Waals surface area contributed by atoms with Crippen LogP contribution in [-0.4, -0.2) is 41.1 Å². The zero-order valence-corrected chi connectivity index (χ0v) is 16.4. The second kappa shape index (κ2) is 7.02. The minimum atomic E-state index is -4.59. The zero-order valence-electron chi connectivity index (χ0n) is 16.4. The van der Waals surface area contributed by atoms with Gasteiger partial charge < -0.3 is 0 Å². The average Bonchev–Trinajstić information content (AvgIpc) is 3.40. The molecule has 0 spiro atoms. The normalized spacial score (nSPS) is 28.2. The van der Waals surface area contributed by atoms with Crippen molar-refractivity contribution in [2.75, 3.05) is 11.4 Å². The Kier molecular flexibility index (Phi) is 4.51. The van der Waals surface area contributed by atoms with E-state index in [2.05, 4.69) is 0 Å². The monoisotopic (exact) mass is 428 g/mol. The third kappa shape index (κ3) is 3.00. The number of halogens is 3. The maximum atomic E-state index is 13.4. The molecule has 3 aliphatic rings. The number of nitrogens with zero attached hydrogens (tertiary/aromatic N) is 2. The van der Waals surface area contributed by atoms with Crippen molar-refractivity contribution < 1.29 is 27.6 Å². The molecule has 0 saturated carbocycles. The third-order valence-corrected chi connectivity index (χ3v) is 6.61. The molecule has 160 valence electrons. The van der Waals surface area contributed by atoms with Crippen molar-refractivity contribution in [1.82, 2.24) is 4.90 Å². The zero-order chi connectivity index (χ0) is 21.9. The fraction of sp³-hybridized carbons (Fsp3) is 0.348. The molecule has 0 aromatic heterocycles. The number of anilines is 1. The van der Waals surface area contributed by atoms with Gasteiger partial charge in [0.1, 0.15) is 0 Å². The highest BCUT2D eigenvalue weighted by Gasteiger charge is 2.64. The molecule has 3 fully saturated rings. The molecule has 0 aliphatic carbocycles. The number of imide groups is 1. The van der Waals surface area contributed by atoms with Crippen molar-refractivity contribution in [1.29, 1.82) is 0 Å². The number of carbonyl (C=O) groups is 3. The molecule has 5 nitrogen and oxygen atoms in total. The summed E-state index contributed by atoms with van der Waals surface area (Å²) < 4.78 is 39.5. The van der Waals surface area contributed by atoms with Crippen LogP contribution in [0.2, 0.25) is 0 Å². The first-order valence-electron chi connectivity index (χ1n) is 10.2. The SMILES string of the molecule is O=C(c1ccccc1)[C@@H]1[C@@H]2C(=O)N(c3cccc(C(F)(F)F)c3)C(=O)[C@@H]2[C@@H]2CCCN12. The van der Waals surface area contributed by atoms with E-state index in [0.717, 1.165) is 23.5 Å². The molecule has 0 bridgehead atoms. The number of hydrogen-bond acceptors (Lipinski definition) is 4. The first-order valence-corrected chi connectivity index (χ1v) is 10.2. The fourth-order valence-corrected chi connectivity index (χ4v) is 5.36. The van der Waals surface area contributed by atoms with Crippen molar-refractivity contribution >= 4 is 23.3 Å². The minimum absolute atomic E-state index is 0.102. The highest BCUT2D eigenvalue weighted by molar-refractivity contribution is 6.24. The van der Waals surface area contributed by atoms with Gasteiger partial charge in [0.25, 0.3) is 0 Å². The van der Waals surface area contributed by atoms with E-state index in [-0.39, 0.29) is 17.5 Å². The molecular weight excluding hydrogens is 409 g/mol. The Morgan fingerprint density at radius 3 is 2.35 bits per heavy atom. The Hall–Kier alpha value is -3.00. The molecule has 0 unspecified atom stereocenters. The summed E-state index contributed by atoms with van der Waals surface area (Å²) in [6, 6.07) is 11.8.